The number of aromatic nitrogens is 2. The minimum absolute atomic E-state index is 0.0362. The number of nitriles is 1. The molecule has 0 saturated carbocycles. The van der Waals surface area contributed by atoms with Gasteiger partial charge in [-0.15, -0.1) is 11.3 Å². The largest absolute Gasteiger partial charge is 0.494 e. The van der Waals surface area contributed by atoms with E-state index in [1.54, 1.807) is 55.0 Å². The minimum atomic E-state index is -4.86. The summed E-state index contributed by atoms with van der Waals surface area (Å²) in [5.41, 5.74) is 0.930. The van der Waals surface area contributed by atoms with Crippen LogP contribution < -0.4 is 25.2 Å². The molecule has 6 rings (SSSR count). The van der Waals surface area contributed by atoms with Crippen LogP contribution >= 0.6 is 23.6 Å². The monoisotopic (exact) mass is 1010 g/mol. The van der Waals surface area contributed by atoms with Crippen LogP contribution in [-0.4, -0.2) is 112 Å². The van der Waals surface area contributed by atoms with Gasteiger partial charge in [0.1, 0.15) is 36.0 Å². The molecule has 374 valence electrons. The number of aliphatic hydroxyl groups excluding tert-OH is 1. The number of carbonyl (C=O) groups excluding carboxylic acids is 4. The number of nitrogens with one attached hydrogen (secondary N) is 2. The summed E-state index contributed by atoms with van der Waals surface area (Å²) in [5, 5.41) is 25.3. The second-order valence-electron chi connectivity index (χ2n) is 18.5. The van der Waals surface area contributed by atoms with E-state index in [-0.39, 0.29) is 43.5 Å². The molecule has 0 aliphatic carbocycles. The van der Waals surface area contributed by atoms with Gasteiger partial charge in [0.25, 0.3) is 5.91 Å². The Morgan fingerprint density at radius 1 is 0.986 bits per heavy atom. The standard InChI is InChI=1S/C49H57F3N8O8S2/c1-30-41(70-29-56-30)32-12-10-31(11-13-32)25-55-43(63)39-23-35(61)27-58(39)44(64)42(47(2,3)4)57-40(62)28-67-20-9-19-66-18-7-8-21-68-36-16-14-33(15-17-36)60-46(69)59(45(65)48(60,5)6)34-22-37(49(50,51)52)38(24-53)54-26-34/h10-17,22,26,29,35,39,42,61H,7-9,18-21,23,25,27-28H2,1-6H3,(H,55,63)(H,57,62)/t35-,39+,42?/m1/s1. The zero-order valence-corrected chi connectivity index (χ0v) is 41.4. The number of ether oxygens (including phenoxy) is 3. The molecule has 2 fully saturated rings. The van der Waals surface area contributed by atoms with E-state index in [4.69, 9.17) is 31.7 Å². The number of halogens is 3. The molecule has 0 bridgehead atoms. The van der Waals surface area contributed by atoms with Crippen LogP contribution in [0.1, 0.15) is 82.8 Å². The third-order valence-corrected chi connectivity index (χ3v) is 13.1. The maximum Gasteiger partial charge on any atom is 0.419 e. The van der Waals surface area contributed by atoms with Crippen LogP contribution in [0.2, 0.25) is 0 Å². The second-order valence-corrected chi connectivity index (χ2v) is 19.7. The average molecular weight is 1010 g/mol. The lowest BCUT2D eigenvalue weighted by molar-refractivity contribution is -0.144. The van der Waals surface area contributed by atoms with Crippen molar-refractivity contribution in [3.63, 3.8) is 0 Å². The van der Waals surface area contributed by atoms with Gasteiger partial charge in [0, 0.05) is 45.0 Å². The number of alkyl halides is 3. The number of aliphatic hydroxyl groups is 1. The molecule has 3 atom stereocenters. The highest BCUT2D eigenvalue weighted by molar-refractivity contribution is 7.81. The number of aryl methyl sites for hydroxylation is 1. The molecule has 4 amide bonds. The number of anilines is 2. The molecular weight excluding hydrogens is 950 g/mol. The molecule has 16 nitrogen and oxygen atoms in total. The molecule has 3 N–H and O–H groups in total. The van der Waals surface area contributed by atoms with E-state index in [2.05, 4.69) is 20.6 Å². The lowest BCUT2D eigenvalue weighted by Crippen LogP contribution is -2.58. The van der Waals surface area contributed by atoms with Gasteiger partial charge in [-0.1, -0.05) is 45.0 Å². The molecule has 21 heteroatoms. The van der Waals surface area contributed by atoms with Crippen molar-refractivity contribution in [3.8, 4) is 22.3 Å². The van der Waals surface area contributed by atoms with E-state index in [1.807, 2.05) is 52.0 Å². The van der Waals surface area contributed by atoms with Gasteiger partial charge < -0.3 is 39.8 Å². The van der Waals surface area contributed by atoms with Gasteiger partial charge in [0.2, 0.25) is 17.7 Å². The minimum Gasteiger partial charge on any atom is -0.494 e. The number of rotatable bonds is 20. The van der Waals surface area contributed by atoms with Crippen LogP contribution in [0.4, 0.5) is 24.5 Å². The van der Waals surface area contributed by atoms with E-state index in [0.29, 0.717) is 56.6 Å². The van der Waals surface area contributed by atoms with Gasteiger partial charge in [0.05, 0.1) is 46.2 Å². The smallest absolute Gasteiger partial charge is 0.419 e. The number of carbonyl (C=O) groups is 4. The zero-order chi connectivity index (χ0) is 51.0. The summed E-state index contributed by atoms with van der Waals surface area (Å²) in [6.45, 7) is 12.0. The number of unbranched alkanes of at least 4 members (excludes halogenated alkanes) is 1. The highest BCUT2D eigenvalue weighted by Crippen LogP contribution is 2.39. The fraction of sp³-hybridized carbons (Fsp3) is 0.469. The zero-order valence-electron chi connectivity index (χ0n) is 39.8. The highest BCUT2D eigenvalue weighted by Gasteiger charge is 2.51. The average Bonchev–Trinajstić information content (AvgIpc) is 3.98. The molecular formula is C49H57F3N8O8S2. The first kappa shape index (κ1) is 53.3. The first-order chi connectivity index (χ1) is 33.1. The Balaban J connectivity index is 0.867. The van der Waals surface area contributed by atoms with Gasteiger partial charge >= 0.3 is 6.18 Å². The Labute approximate surface area is 414 Å². The summed E-state index contributed by atoms with van der Waals surface area (Å²) in [7, 11) is 0. The number of benzene rings is 2. The van der Waals surface area contributed by atoms with E-state index in [0.717, 1.165) is 32.8 Å². The van der Waals surface area contributed by atoms with Crippen LogP contribution in [0.5, 0.6) is 5.75 Å². The number of thiazole rings is 1. The first-order valence-corrected chi connectivity index (χ1v) is 24.0. The third-order valence-electron chi connectivity index (χ3n) is 11.8. The number of pyridine rings is 1. The van der Waals surface area contributed by atoms with E-state index in [1.165, 1.54) is 15.9 Å². The maximum atomic E-state index is 13.9. The van der Waals surface area contributed by atoms with Crippen molar-refractivity contribution in [3.05, 3.63) is 88.8 Å². The molecule has 70 heavy (non-hydrogen) atoms. The summed E-state index contributed by atoms with van der Waals surface area (Å²) in [5.74, 6) is -1.35. The summed E-state index contributed by atoms with van der Waals surface area (Å²) in [4.78, 5) is 66.7. The summed E-state index contributed by atoms with van der Waals surface area (Å²) < 4.78 is 58.2. The van der Waals surface area contributed by atoms with Crippen molar-refractivity contribution >= 4 is 63.7 Å². The van der Waals surface area contributed by atoms with Gasteiger partial charge in [-0.25, -0.2) is 9.97 Å². The number of β-amino-alcohol motifs (C(OH)–C–C–N with tert-alkyl or cyclic N) is 1. The van der Waals surface area contributed by atoms with Crippen LogP contribution in [0.15, 0.2) is 66.3 Å². The number of amides is 4. The lowest BCUT2D eigenvalue weighted by atomic mass is 9.85. The quantitative estimate of drug-likeness (QED) is 0.0624. The number of nitrogens with zero attached hydrogens (tertiary/aromatic N) is 6. The fourth-order valence-corrected chi connectivity index (χ4v) is 9.37. The predicted octanol–water partition coefficient (Wildman–Crippen LogP) is 6.71. The Morgan fingerprint density at radius 3 is 2.30 bits per heavy atom. The summed E-state index contributed by atoms with van der Waals surface area (Å²) >= 11 is 7.15. The topological polar surface area (TPSA) is 200 Å². The summed E-state index contributed by atoms with van der Waals surface area (Å²) in [6.07, 6.45) is -2.75. The van der Waals surface area contributed by atoms with Gasteiger partial charge in [-0.05, 0) is 99.1 Å². The number of thiocarbonyl (C=S) groups is 1. The first-order valence-electron chi connectivity index (χ1n) is 22.7. The normalized spacial score (nSPS) is 17.4. The van der Waals surface area contributed by atoms with Crippen molar-refractivity contribution in [2.75, 3.05) is 49.4 Å². The van der Waals surface area contributed by atoms with Crippen molar-refractivity contribution in [2.24, 2.45) is 5.41 Å². The van der Waals surface area contributed by atoms with Crippen molar-refractivity contribution in [1.82, 2.24) is 25.5 Å². The van der Waals surface area contributed by atoms with Crippen molar-refractivity contribution < 1.29 is 51.7 Å². The molecule has 4 heterocycles. The van der Waals surface area contributed by atoms with Crippen molar-refractivity contribution in [2.45, 2.75) is 104 Å². The van der Waals surface area contributed by atoms with E-state index < -0.39 is 70.2 Å². The Kier molecular flexibility index (Phi) is 17.4. The van der Waals surface area contributed by atoms with Crippen LogP contribution in [0, 0.1) is 23.7 Å². The Morgan fingerprint density at radius 2 is 1.66 bits per heavy atom. The van der Waals surface area contributed by atoms with Gasteiger partial charge in [0.15, 0.2) is 10.8 Å². The number of hydrogen-bond acceptors (Lipinski definition) is 13. The molecule has 2 aromatic heterocycles. The lowest BCUT2D eigenvalue weighted by Gasteiger charge is -2.35. The predicted molar refractivity (Wildman–Crippen MR) is 260 cm³/mol. The fourth-order valence-electron chi connectivity index (χ4n) is 8.04. The van der Waals surface area contributed by atoms with Crippen LogP contribution in [0.25, 0.3) is 10.4 Å². The molecule has 0 spiro atoms. The third kappa shape index (κ3) is 12.8. The Bertz CT molecular complexity index is 2560. The number of likely N-dealkylation sites (tertiary alicyclic amines) is 1. The van der Waals surface area contributed by atoms with Crippen LogP contribution in [0.3, 0.4) is 0 Å². The molecule has 0 radical (unpaired) electrons. The molecule has 4 aromatic rings. The van der Waals surface area contributed by atoms with Gasteiger partial charge in [-0.2, -0.15) is 18.4 Å². The maximum absolute atomic E-state index is 13.9. The molecule has 2 aliphatic rings. The van der Waals surface area contributed by atoms with Crippen molar-refractivity contribution in [1.29, 1.82) is 5.26 Å². The van der Waals surface area contributed by atoms with Gasteiger partial charge in [-0.3, -0.25) is 24.1 Å². The van der Waals surface area contributed by atoms with E-state index >= 15 is 0 Å². The second kappa shape index (κ2) is 22.8. The summed E-state index contributed by atoms with van der Waals surface area (Å²) in [6, 6.07) is 14.8. The number of hydrogen-bond donors (Lipinski definition) is 3. The SMILES string of the molecule is Cc1ncsc1-c1ccc(CNC(=O)[C@@H]2C[C@@H](O)CN2C(=O)C(NC(=O)COCCCOCCCCOc2ccc(N3C(=S)N(c4cnc(C#N)c(C(F)(F)F)c4)C(=O)C3(C)C)cc2)C(C)(C)C)cc1. The Hall–Kier alpha value is -6.05. The van der Waals surface area contributed by atoms with E-state index in [9.17, 15) is 37.5 Å². The highest BCUT2D eigenvalue weighted by atomic mass is 32.1. The molecule has 2 saturated heterocycles. The molecule has 1 unspecified atom stereocenters. The molecule has 2 aromatic carbocycles. The molecule has 2 aliphatic heterocycles. The van der Waals surface area contributed by atoms with Crippen LogP contribution in [-0.2, 0) is 41.4 Å².